The van der Waals surface area contributed by atoms with Crippen molar-refractivity contribution in [2.45, 2.75) is 9.79 Å². The van der Waals surface area contributed by atoms with Gasteiger partial charge in [0.05, 0.1) is 16.8 Å². The summed E-state index contributed by atoms with van der Waals surface area (Å²) in [6.45, 7) is 0.114. The molecule has 34 heavy (non-hydrogen) atoms. The van der Waals surface area contributed by atoms with Crippen LogP contribution in [0.25, 0.3) is 10.8 Å². The number of halogens is 1. The van der Waals surface area contributed by atoms with Gasteiger partial charge >= 0.3 is 0 Å². The lowest BCUT2D eigenvalue weighted by Crippen LogP contribution is -2.28. The third-order valence-corrected chi connectivity index (χ3v) is 6.75. The molecule has 3 rings (SSSR count). The van der Waals surface area contributed by atoms with Crippen LogP contribution in [0, 0.1) is 0 Å². The minimum absolute atomic E-state index is 0.0218. The van der Waals surface area contributed by atoms with Gasteiger partial charge in [0.25, 0.3) is 20.2 Å². The lowest BCUT2D eigenvalue weighted by Gasteiger charge is -2.12. The highest BCUT2D eigenvalue weighted by molar-refractivity contribution is 7.88. The largest absolute Gasteiger partial charge is 0.353 e. The molecule has 18 heteroatoms. The lowest BCUT2D eigenvalue weighted by molar-refractivity contribution is 0.481. The van der Waals surface area contributed by atoms with E-state index in [1.165, 1.54) is 12.1 Å². The Labute approximate surface area is 199 Å². The first kappa shape index (κ1) is 25.9. The molecule has 14 nitrogen and oxygen atoms in total. The van der Waals surface area contributed by atoms with Crippen LogP contribution in [0.15, 0.2) is 40.1 Å². The van der Waals surface area contributed by atoms with E-state index in [1.807, 2.05) is 0 Å². The fourth-order valence-corrected chi connectivity index (χ4v) is 4.56. The molecule has 1 aromatic heterocycles. The number of aromatic nitrogens is 3. The van der Waals surface area contributed by atoms with Crippen molar-refractivity contribution in [1.29, 1.82) is 0 Å². The van der Waals surface area contributed by atoms with Crippen molar-refractivity contribution in [1.82, 2.24) is 19.7 Å². The molecule has 0 amide bonds. The monoisotopic (exact) mass is 552 g/mol. The maximum atomic E-state index is 12.0. The molecule has 0 saturated heterocycles. The van der Waals surface area contributed by atoms with Gasteiger partial charge in [0.1, 0.15) is 4.90 Å². The summed E-state index contributed by atoms with van der Waals surface area (Å²) in [5.74, 6) is -0.262. The zero-order valence-corrected chi connectivity index (χ0v) is 20.3. The maximum Gasteiger partial charge on any atom is 0.296 e. The molecule has 0 aliphatic rings. The van der Waals surface area contributed by atoms with Gasteiger partial charge in [-0.2, -0.15) is 31.8 Å². The molecule has 0 unspecified atom stereocenters. The van der Waals surface area contributed by atoms with E-state index in [2.05, 4.69) is 30.3 Å². The number of hydrogen-bond donors (Lipinski definition) is 5. The van der Waals surface area contributed by atoms with Gasteiger partial charge in [-0.3, -0.25) is 9.11 Å². The first-order chi connectivity index (χ1) is 15.6. The van der Waals surface area contributed by atoms with Crippen LogP contribution in [-0.2, 0) is 30.3 Å². The van der Waals surface area contributed by atoms with Gasteiger partial charge < -0.3 is 10.6 Å². The Morgan fingerprint density at radius 2 is 1.53 bits per heavy atom. The summed E-state index contributed by atoms with van der Waals surface area (Å²) in [7, 11) is -12.7. The minimum Gasteiger partial charge on any atom is -0.353 e. The van der Waals surface area contributed by atoms with Crippen LogP contribution in [0.2, 0.25) is 5.28 Å². The number of fused-ring (bicyclic) bond motifs is 1. The standard InChI is InChI=1S/C16H17ClN6O8S3/c1-32(24,25)19-5-4-18-15-21-14(17)22-16(23-15)20-12-7-9-2-3-11(33(26,27)28)6-10(9)8-13(12)34(29,30)31/h2-3,6-8,19H,4-5H2,1H3,(H,26,27,28)(H,29,30,31)(H2,18,20,21,22,23). The van der Waals surface area contributed by atoms with E-state index >= 15 is 0 Å². The zero-order valence-electron chi connectivity index (χ0n) is 17.1. The quantitative estimate of drug-likeness (QED) is 0.184. The molecule has 1 heterocycles. The molecule has 0 aliphatic heterocycles. The van der Waals surface area contributed by atoms with Gasteiger partial charge in [0.2, 0.25) is 27.2 Å². The van der Waals surface area contributed by atoms with E-state index in [4.69, 9.17) is 11.6 Å². The summed E-state index contributed by atoms with van der Waals surface area (Å²) in [5.41, 5.74) is -0.165. The third-order valence-electron chi connectivity index (χ3n) is 4.11. The predicted molar refractivity (Wildman–Crippen MR) is 123 cm³/mol. The SMILES string of the molecule is CS(=O)(=O)NCCNc1nc(Cl)nc(Nc2cc3ccc(S(=O)(=O)O)cc3cc2S(=O)(=O)O)n1. The Morgan fingerprint density at radius 3 is 2.15 bits per heavy atom. The van der Waals surface area contributed by atoms with E-state index < -0.39 is 40.1 Å². The third kappa shape index (κ3) is 6.92. The average Bonchev–Trinajstić information content (AvgIpc) is 2.68. The van der Waals surface area contributed by atoms with Crippen LogP contribution >= 0.6 is 11.6 Å². The second kappa shape index (κ2) is 9.53. The number of hydrogen-bond acceptors (Lipinski definition) is 11. The van der Waals surface area contributed by atoms with E-state index in [0.29, 0.717) is 5.39 Å². The van der Waals surface area contributed by atoms with Crippen LogP contribution in [0.4, 0.5) is 17.6 Å². The van der Waals surface area contributed by atoms with Crippen LogP contribution in [0.1, 0.15) is 0 Å². The summed E-state index contributed by atoms with van der Waals surface area (Å²) < 4.78 is 90.0. The zero-order chi connectivity index (χ0) is 25.3. The normalized spacial score (nSPS) is 12.6. The molecular weight excluding hydrogens is 536 g/mol. The van der Waals surface area contributed by atoms with Crippen molar-refractivity contribution < 1.29 is 34.4 Å². The van der Waals surface area contributed by atoms with Crippen LogP contribution < -0.4 is 15.4 Å². The number of benzene rings is 2. The van der Waals surface area contributed by atoms with E-state index in [0.717, 1.165) is 24.5 Å². The molecule has 0 saturated carbocycles. The topological polar surface area (TPSA) is 218 Å². The van der Waals surface area contributed by atoms with Crippen molar-refractivity contribution in [2.75, 3.05) is 30.0 Å². The summed E-state index contributed by atoms with van der Waals surface area (Å²) >= 11 is 5.88. The van der Waals surface area contributed by atoms with Gasteiger partial charge in [-0.05, 0) is 46.6 Å². The number of anilines is 3. The highest BCUT2D eigenvalue weighted by Gasteiger charge is 2.20. The number of nitrogens with one attached hydrogen (secondary N) is 3. The van der Waals surface area contributed by atoms with Gasteiger partial charge in [-0.1, -0.05) is 6.07 Å². The predicted octanol–water partition coefficient (Wildman–Crippen LogP) is 0.876. The molecule has 0 atom stereocenters. The van der Waals surface area contributed by atoms with Gasteiger partial charge in [0.15, 0.2) is 0 Å². The van der Waals surface area contributed by atoms with Gasteiger partial charge in [-0.25, -0.2) is 13.1 Å². The molecule has 3 aromatic rings. The molecule has 0 spiro atoms. The van der Waals surface area contributed by atoms with Crippen molar-refractivity contribution in [3.05, 3.63) is 35.6 Å². The number of nitrogens with zero attached hydrogens (tertiary/aromatic N) is 3. The Morgan fingerprint density at radius 1 is 0.853 bits per heavy atom. The van der Waals surface area contributed by atoms with E-state index in [1.54, 1.807) is 0 Å². The lowest BCUT2D eigenvalue weighted by atomic mass is 10.1. The van der Waals surface area contributed by atoms with Gasteiger partial charge in [-0.15, -0.1) is 0 Å². The maximum absolute atomic E-state index is 12.0. The van der Waals surface area contributed by atoms with Crippen molar-refractivity contribution in [3.63, 3.8) is 0 Å². The molecule has 2 aromatic carbocycles. The highest BCUT2D eigenvalue weighted by atomic mass is 35.5. The van der Waals surface area contributed by atoms with Crippen molar-refractivity contribution in [3.8, 4) is 0 Å². The average molecular weight is 553 g/mol. The number of rotatable bonds is 9. The van der Waals surface area contributed by atoms with Crippen LogP contribution in [0.5, 0.6) is 0 Å². The molecule has 0 fully saturated rings. The van der Waals surface area contributed by atoms with Crippen LogP contribution in [0.3, 0.4) is 0 Å². The molecular formula is C16H17ClN6O8S3. The first-order valence-corrected chi connectivity index (χ1v) is 14.2. The van der Waals surface area contributed by atoms with E-state index in [-0.39, 0.29) is 41.3 Å². The molecule has 5 N–H and O–H groups in total. The summed E-state index contributed by atoms with van der Waals surface area (Å²) in [4.78, 5) is 10.6. The molecule has 184 valence electrons. The summed E-state index contributed by atoms with van der Waals surface area (Å²) in [6, 6.07) is 5.75. The second-order valence-electron chi connectivity index (χ2n) is 6.78. The summed E-state index contributed by atoms with van der Waals surface area (Å²) in [6.07, 6.45) is 0.995. The first-order valence-electron chi connectivity index (χ1n) is 9.02. The molecule has 0 radical (unpaired) electrons. The Hall–Kier alpha value is -2.67. The van der Waals surface area contributed by atoms with Crippen molar-refractivity contribution in [2.24, 2.45) is 0 Å². The fraction of sp³-hybridized carbons (Fsp3) is 0.188. The summed E-state index contributed by atoms with van der Waals surface area (Å²) in [5, 5.41) is 5.50. The number of sulfonamides is 1. The Bertz CT molecular complexity index is 1580. The van der Waals surface area contributed by atoms with E-state index in [9.17, 15) is 34.4 Å². The Balaban J connectivity index is 1.96. The molecule has 0 aliphatic carbocycles. The van der Waals surface area contributed by atoms with Crippen LogP contribution in [-0.4, -0.2) is 68.7 Å². The smallest absolute Gasteiger partial charge is 0.296 e. The van der Waals surface area contributed by atoms with Crippen molar-refractivity contribution >= 4 is 70.2 Å². The minimum atomic E-state index is -4.80. The fourth-order valence-electron chi connectivity index (χ4n) is 2.74. The second-order valence-corrected chi connectivity index (χ2v) is 11.8. The highest BCUT2D eigenvalue weighted by Crippen LogP contribution is 2.31. The van der Waals surface area contributed by atoms with Gasteiger partial charge in [0, 0.05) is 13.1 Å². The molecule has 0 bridgehead atoms. The Kier molecular flexibility index (Phi) is 7.27.